The number of hydrogen-bond donors (Lipinski definition) is 5. The summed E-state index contributed by atoms with van der Waals surface area (Å²) in [5.41, 5.74) is 6.87. The third-order valence-electron chi connectivity index (χ3n) is 7.07. The number of benzene rings is 3. The molecule has 0 spiro atoms. The van der Waals surface area contributed by atoms with Crippen LogP contribution >= 0.6 is 0 Å². The summed E-state index contributed by atoms with van der Waals surface area (Å²) < 4.78 is 46.9. The summed E-state index contributed by atoms with van der Waals surface area (Å²) in [7, 11) is 1.30. The molecule has 0 saturated carbocycles. The Morgan fingerprint density at radius 2 is 1.47 bits per heavy atom. The van der Waals surface area contributed by atoms with E-state index in [0.717, 1.165) is 23.3 Å². The number of nitrogens with two attached hydrogens (primary N) is 1. The minimum Gasteiger partial charge on any atom is -0.496 e. The fraction of sp³-hybridized carbons (Fsp3) is 0.371. The molecule has 0 aromatic heterocycles. The van der Waals surface area contributed by atoms with Crippen molar-refractivity contribution in [1.29, 1.82) is 0 Å². The van der Waals surface area contributed by atoms with E-state index in [1.54, 1.807) is 38.1 Å². The number of aliphatic hydroxyl groups is 1. The summed E-state index contributed by atoms with van der Waals surface area (Å²) in [5.74, 6) is -3.40. The number of rotatable bonds is 16. The van der Waals surface area contributed by atoms with Gasteiger partial charge >= 0.3 is 12.3 Å². The van der Waals surface area contributed by atoms with Gasteiger partial charge in [-0.25, -0.2) is 0 Å². The average molecular weight is 690 g/mol. The fourth-order valence-electron chi connectivity index (χ4n) is 4.72. The van der Waals surface area contributed by atoms with Crippen LogP contribution in [0.1, 0.15) is 43.4 Å². The highest BCUT2D eigenvalue weighted by atomic mass is 19.4. The van der Waals surface area contributed by atoms with Crippen molar-refractivity contribution in [2.75, 3.05) is 7.11 Å². The van der Waals surface area contributed by atoms with E-state index in [1.807, 2.05) is 36.4 Å². The largest absolute Gasteiger partial charge is 0.573 e. The lowest BCUT2D eigenvalue weighted by Crippen LogP contribution is -2.55. The van der Waals surface area contributed by atoms with Crippen molar-refractivity contribution in [3.63, 3.8) is 0 Å². The number of alkyl halides is 3. The third kappa shape index (κ3) is 15.6. The number of aliphatic hydroxyl groups excluding tert-OH is 1. The first-order valence-corrected chi connectivity index (χ1v) is 15.4. The second-order valence-electron chi connectivity index (χ2n) is 11.4. The van der Waals surface area contributed by atoms with Crippen LogP contribution in [0.5, 0.6) is 11.5 Å². The lowest BCUT2D eigenvalue weighted by atomic mass is 9.96. The summed E-state index contributed by atoms with van der Waals surface area (Å²) >= 11 is 0. The van der Waals surface area contributed by atoms with Gasteiger partial charge in [0.15, 0.2) is 0 Å². The molecular formula is C35H42F3N3O8. The molecule has 0 aliphatic rings. The quantitative estimate of drug-likeness (QED) is 0.150. The van der Waals surface area contributed by atoms with Crippen molar-refractivity contribution in [2.45, 2.75) is 70.5 Å². The number of aliphatic carboxylic acids is 1. The number of hydrogen-bond acceptors (Lipinski definition) is 7. The van der Waals surface area contributed by atoms with E-state index in [2.05, 4.69) is 15.4 Å². The van der Waals surface area contributed by atoms with Crippen LogP contribution in [0.3, 0.4) is 0 Å². The van der Waals surface area contributed by atoms with E-state index >= 15 is 0 Å². The monoisotopic (exact) mass is 689 g/mol. The van der Waals surface area contributed by atoms with Crippen LogP contribution in [0.2, 0.25) is 0 Å². The maximum absolute atomic E-state index is 13.2. The Hall–Kier alpha value is -5.11. The van der Waals surface area contributed by atoms with Gasteiger partial charge in [-0.05, 0) is 48.1 Å². The van der Waals surface area contributed by atoms with Crippen molar-refractivity contribution < 1.29 is 52.0 Å². The third-order valence-corrected chi connectivity index (χ3v) is 7.07. The second kappa shape index (κ2) is 19.6. The standard InChI is InChI=1S/C27H33F3N2O7.C8H9NO/c1-16(2)25(32-23(34)15-18-14-19(39-27(28,29)30)9-11-22(18)38-3)26(37)31-20(21(33)10-12-24(35)36)13-17-7-5-4-6-8-17;9-8(10)6-7-4-2-1-3-5-7/h4-9,11,14,16,20-21,25,33H,10,12-13,15H2,1-3H3,(H,31,37)(H,32,34)(H,35,36);1-5H,6H2,(H2,9,10). The summed E-state index contributed by atoms with van der Waals surface area (Å²) in [6.07, 6.45) is -6.33. The lowest BCUT2D eigenvalue weighted by molar-refractivity contribution is -0.274. The number of carbonyl (C=O) groups excluding carboxylic acids is 3. The Morgan fingerprint density at radius 3 is 1.98 bits per heavy atom. The Balaban J connectivity index is 0.000000709. The number of primary amides is 1. The highest BCUT2D eigenvalue weighted by molar-refractivity contribution is 5.89. The highest BCUT2D eigenvalue weighted by Gasteiger charge is 2.32. The van der Waals surface area contributed by atoms with Gasteiger partial charge in [0.25, 0.3) is 0 Å². The van der Waals surface area contributed by atoms with Crippen LogP contribution in [0.25, 0.3) is 0 Å². The molecule has 0 aliphatic carbocycles. The number of carboxylic acid groups (broad SMARTS) is 1. The predicted molar refractivity (Wildman–Crippen MR) is 174 cm³/mol. The zero-order valence-electron chi connectivity index (χ0n) is 27.4. The molecule has 0 radical (unpaired) electrons. The van der Waals surface area contributed by atoms with Gasteiger partial charge in [0.05, 0.1) is 32.1 Å². The van der Waals surface area contributed by atoms with Gasteiger partial charge in [0.2, 0.25) is 17.7 Å². The minimum absolute atomic E-state index is 0.0953. The molecule has 14 heteroatoms. The van der Waals surface area contributed by atoms with E-state index in [0.29, 0.717) is 6.42 Å². The molecule has 49 heavy (non-hydrogen) atoms. The van der Waals surface area contributed by atoms with Crippen LogP contribution in [-0.2, 0) is 38.4 Å². The Bertz CT molecular complexity index is 1500. The SMILES string of the molecule is COc1ccc(OC(F)(F)F)cc1CC(=O)NC(C(=O)NC(Cc1ccccc1)C(O)CCC(=O)O)C(C)C.NC(=O)Cc1ccccc1. The van der Waals surface area contributed by atoms with Crippen LogP contribution in [0.15, 0.2) is 78.9 Å². The number of methoxy groups -OCH3 is 1. The zero-order valence-corrected chi connectivity index (χ0v) is 27.4. The van der Waals surface area contributed by atoms with Gasteiger partial charge in [-0.15, -0.1) is 13.2 Å². The summed E-state index contributed by atoms with van der Waals surface area (Å²) in [5, 5.41) is 25.0. The summed E-state index contributed by atoms with van der Waals surface area (Å²) in [6, 6.07) is 19.9. The molecule has 11 nitrogen and oxygen atoms in total. The molecule has 0 aliphatic heterocycles. The maximum atomic E-state index is 13.2. The Labute approximate surface area is 282 Å². The van der Waals surface area contributed by atoms with Gasteiger partial charge in [0.1, 0.15) is 17.5 Å². The first kappa shape index (κ1) is 40.1. The maximum Gasteiger partial charge on any atom is 0.573 e. The summed E-state index contributed by atoms with van der Waals surface area (Å²) in [4.78, 5) is 47.5. The Morgan fingerprint density at radius 1 is 0.878 bits per heavy atom. The molecule has 3 rings (SSSR count). The molecule has 6 N–H and O–H groups in total. The molecule has 3 aromatic rings. The zero-order chi connectivity index (χ0) is 36.6. The molecule has 3 atom stereocenters. The molecule has 0 heterocycles. The van der Waals surface area contributed by atoms with Crippen molar-refractivity contribution >= 4 is 23.7 Å². The van der Waals surface area contributed by atoms with Gasteiger partial charge in [-0.1, -0.05) is 74.5 Å². The van der Waals surface area contributed by atoms with Gasteiger partial charge in [-0.2, -0.15) is 0 Å². The van der Waals surface area contributed by atoms with Crippen molar-refractivity contribution in [1.82, 2.24) is 10.6 Å². The Kier molecular flexibility index (Phi) is 16.1. The van der Waals surface area contributed by atoms with Gasteiger partial charge in [-0.3, -0.25) is 19.2 Å². The first-order valence-electron chi connectivity index (χ1n) is 15.4. The minimum atomic E-state index is -4.92. The van der Waals surface area contributed by atoms with E-state index < -0.39 is 60.4 Å². The van der Waals surface area contributed by atoms with Crippen molar-refractivity contribution in [3.05, 3.63) is 95.6 Å². The molecular weight excluding hydrogens is 647 g/mol. The number of ether oxygens (including phenoxy) is 2. The number of carboxylic acids is 1. The fourth-order valence-corrected chi connectivity index (χ4v) is 4.72. The van der Waals surface area contributed by atoms with E-state index in [4.69, 9.17) is 15.6 Å². The average Bonchev–Trinajstić information content (AvgIpc) is 3.02. The smallest absolute Gasteiger partial charge is 0.496 e. The molecule has 0 fully saturated rings. The number of carbonyl (C=O) groups is 4. The van der Waals surface area contributed by atoms with Gasteiger partial charge < -0.3 is 36.1 Å². The summed E-state index contributed by atoms with van der Waals surface area (Å²) in [6.45, 7) is 3.38. The molecule has 3 unspecified atom stereocenters. The number of nitrogens with one attached hydrogen (secondary N) is 2. The normalized spacial score (nSPS) is 12.8. The molecule has 3 aromatic carbocycles. The van der Waals surface area contributed by atoms with Crippen LogP contribution < -0.4 is 25.8 Å². The van der Waals surface area contributed by atoms with Crippen LogP contribution in [0, 0.1) is 5.92 Å². The van der Waals surface area contributed by atoms with Crippen molar-refractivity contribution in [3.8, 4) is 11.5 Å². The van der Waals surface area contributed by atoms with E-state index in [9.17, 15) is 37.5 Å². The predicted octanol–water partition coefficient (Wildman–Crippen LogP) is 3.94. The second-order valence-corrected chi connectivity index (χ2v) is 11.4. The first-order chi connectivity index (χ1) is 23.1. The van der Waals surface area contributed by atoms with Crippen LogP contribution in [0.4, 0.5) is 13.2 Å². The molecule has 266 valence electrons. The van der Waals surface area contributed by atoms with Crippen LogP contribution in [-0.4, -0.2) is 65.6 Å². The van der Waals surface area contributed by atoms with Crippen molar-refractivity contribution in [2.24, 2.45) is 11.7 Å². The number of halogens is 3. The highest BCUT2D eigenvalue weighted by Crippen LogP contribution is 2.29. The van der Waals surface area contributed by atoms with Gasteiger partial charge in [0, 0.05) is 12.0 Å². The lowest BCUT2D eigenvalue weighted by Gasteiger charge is -2.28. The van der Waals surface area contributed by atoms with E-state index in [1.165, 1.54) is 13.2 Å². The molecule has 3 amide bonds. The molecule has 0 bridgehead atoms. The van der Waals surface area contributed by atoms with E-state index in [-0.39, 0.29) is 36.5 Å². The molecule has 0 saturated heterocycles. The topological polar surface area (TPSA) is 177 Å². The number of amides is 3.